The Morgan fingerprint density at radius 1 is 1.15 bits per heavy atom. The molecule has 4 nitrogen and oxygen atoms in total. The van der Waals surface area contributed by atoms with Gasteiger partial charge in [0.25, 0.3) is 0 Å². The second-order valence-electron chi connectivity index (χ2n) is 5.64. The van der Waals surface area contributed by atoms with Crippen molar-refractivity contribution in [1.29, 1.82) is 0 Å². The van der Waals surface area contributed by atoms with Crippen molar-refractivity contribution in [2.75, 3.05) is 12.8 Å². The summed E-state index contributed by atoms with van der Waals surface area (Å²) in [6.45, 7) is 0. The summed E-state index contributed by atoms with van der Waals surface area (Å²) in [6.07, 6.45) is 4.16. The highest BCUT2D eigenvalue weighted by Gasteiger charge is 2.29. The zero-order valence-electron chi connectivity index (χ0n) is 12.0. The topological polar surface area (TPSA) is 63.4 Å². The first-order valence-corrected chi connectivity index (χ1v) is 8.85. The predicted octanol–water partition coefficient (Wildman–Crippen LogP) is 1.76. The van der Waals surface area contributed by atoms with E-state index in [0.29, 0.717) is 6.42 Å². The minimum Gasteiger partial charge on any atom is -0.328 e. The van der Waals surface area contributed by atoms with Gasteiger partial charge in [-0.25, -0.2) is 12.7 Å². The van der Waals surface area contributed by atoms with E-state index in [2.05, 4.69) is 0 Å². The Kier molecular flexibility index (Phi) is 5.18. The molecule has 0 atom stereocenters. The first-order chi connectivity index (χ1) is 9.49. The predicted molar refractivity (Wildman–Crippen MR) is 81.9 cm³/mol. The molecule has 0 heterocycles. The third-order valence-electron chi connectivity index (χ3n) is 4.19. The smallest absolute Gasteiger partial charge is 0.214 e. The van der Waals surface area contributed by atoms with E-state index in [1.807, 2.05) is 30.3 Å². The lowest BCUT2D eigenvalue weighted by Gasteiger charge is -2.32. The molecule has 0 radical (unpaired) electrons. The summed E-state index contributed by atoms with van der Waals surface area (Å²) in [5.74, 6) is 0.177. The molecular formula is C15H24N2O2S. The van der Waals surface area contributed by atoms with Gasteiger partial charge in [0.1, 0.15) is 0 Å². The number of rotatable bonds is 5. The minimum atomic E-state index is -3.18. The quantitative estimate of drug-likeness (QED) is 0.900. The molecule has 20 heavy (non-hydrogen) atoms. The van der Waals surface area contributed by atoms with E-state index >= 15 is 0 Å². The van der Waals surface area contributed by atoms with E-state index in [1.54, 1.807) is 11.4 Å². The maximum atomic E-state index is 12.4. The van der Waals surface area contributed by atoms with Gasteiger partial charge in [0.15, 0.2) is 0 Å². The molecule has 1 aromatic carbocycles. The number of nitrogens with zero attached hydrogens (tertiary/aromatic N) is 1. The molecule has 1 fully saturated rings. The van der Waals surface area contributed by atoms with Crippen LogP contribution in [0.15, 0.2) is 30.3 Å². The van der Waals surface area contributed by atoms with Crippen molar-refractivity contribution in [3.8, 4) is 0 Å². The summed E-state index contributed by atoms with van der Waals surface area (Å²) in [6, 6.07) is 10.1. The number of sulfonamides is 1. The number of aryl methyl sites for hydroxylation is 1. The van der Waals surface area contributed by atoms with Crippen LogP contribution in [-0.2, 0) is 16.4 Å². The molecule has 0 amide bonds. The van der Waals surface area contributed by atoms with Crippen molar-refractivity contribution < 1.29 is 8.42 Å². The number of benzene rings is 1. The second-order valence-corrected chi connectivity index (χ2v) is 7.78. The van der Waals surface area contributed by atoms with E-state index in [-0.39, 0.29) is 17.8 Å². The molecule has 0 aliphatic heterocycles. The molecule has 0 spiro atoms. The van der Waals surface area contributed by atoms with Crippen molar-refractivity contribution in [2.24, 2.45) is 5.73 Å². The van der Waals surface area contributed by atoms with Crippen LogP contribution >= 0.6 is 0 Å². The Morgan fingerprint density at radius 3 is 2.35 bits per heavy atom. The maximum absolute atomic E-state index is 12.4. The van der Waals surface area contributed by atoms with Gasteiger partial charge in [-0.3, -0.25) is 0 Å². The summed E-state index contributed by atoms with van der Waals surface area (Å²) in [4.78, 5) is 0. The summed E-state index contributed by atoms with van der Waals surface area (Å²) >= 11 is 0. The van der Waals surface area contributed by atoms with E-state index in [4.69, 9.17) is 5.73 Å². The second kappa shape index (κ2) is 6.70. The standard InChI is InChI=1S/C15H24N2O2S/c1-17(15-9-7-14(16)8-10-15)20(18,19)12-11-13-5-3-2-4-6-13/h2-6,14-15H,7-12,16H2,1H3. The first kappa shape index (κ1) is 15.5. The Labute approximate surface area is 122 Å². The number of nitrogens with two attached hydrogens (primary N) is 1. The van der Waals surface area contributed by atoms with Crippen LogP contribution in [0.25, 0.3) is 0 Å². The summed E-state index contributed by atoms with van der Waals surface area (Å²) in [5, 5.41) is 0. The molecule has 1 aromatic rings. The van der Waals surface area contributed by atoms with Crippen LogP contribution in [0.2, 0.25) is 0 Å². The molecule has 1 saturated carbocycles. The minimum absolute atomic E-state index is 0.121. The molecule has 0 saturated heterocycles. The lowest BCUT2D eigenvalue weighted by molar-refractivity contribution is 0.268. The maximum Gasteiger partial charge on any atom is 0.214 e. The number of hydrogen-bond donors (Lipinski definition) is 1. The fourth-order valence-corrected chi connectivity index (χ4v) is 4.17. The van der Waals surface area contributed by atoms with Crippen LogP contribution in [0.1, 0.15) is 31.2 Å². The molecule has 0 bridgehead atoms. The molecule has 0 unspecified atom stereocenters. The monoisotopic (exact) mass is 296 g/mol. The summed E-state index contributed by atoms with van der Waals surface area (Å²) in [7, 11) is -1.47. The van der Waals surface area contributed by atoms with Gasteiger partial charge in [-0.1, -0.05) is 30.3 Å². The molecule has 5 heteroatoms. The van der Waals surface area contributed by atoms with E-state index < -0.39 is 10.0 Å². The van der Waals surface area contributed by atoms with Gasteiger partial charge in [-0.2, -0.15) is 0 Å². The van der Waals surface area contributed by atoms with Crippen LogP contribution in [0.4, 0.5) is 0 Å². The lowest BCUT2D eigenvalue weighted by Crippen LogP contribution is -2.42. The van der Waals surface area contributed by atoms with Crippen LogP contribution in [0.3, 0.4) is 0 Å². The van der Waals surface area contributed by atoms with Crippen LogP contribution in [0.5, 0.6) is 0 Å². The highest BCUT2D eigenvalue weighted by atomic mass is 32.2. The largest absolute Gasteiger partial charge is 0.328 e. The van der Waals surface area contributed by atoms with Crippen molar-refractivity contribution in [2.45, 2.75) is 44.2 Å². The van der Waals surface area contributed by atoms with Crippen molar-refractivity contribution >= 4 is 10.0 Å². The van der Waals surface area contributed by atoms with E-state index in [9.17, 15) is 8.42 Å². The third-order valence-corrected chi connectivity index (χ3v) is 6.08. The highest BCUT2D eigenvalue weighted by Crippen LogP contribution is 2.23. The van der Waals surface area contributed by atoms with Crippen molar-refractivity contribution in [3.05, 3.63) is 35.9 Å². The molecule has 0 aromatic heterocycles. The van der Waals surface area contributed by atoms with Gasteiger partial charge >= 0.3 is 0 Å². The Morgan fingerprint density at radius 2 is 1.75 bits per heavy atom. The Balaban J connectivity index is 1.92. The fourth-order valence-electron chi connectivity index (χ4n) is 2.73. The Bertz CT molecular complexity index is 508. The Hall–Kier alpha value is -0.910. The van der Waals surface area contributed by atoms with Gasteiger partial charge in [0.2, 0.25) is 10.0 Å². The lowest BCUT2D eigenvalue weighted by atomic mass is 9.92. The molecule has 2 N–H and O–H groups in total. The van der Waals surface area contributed by atoms with Gasteiger partial charge < -0.3 is 5.73 Å². The zero-order valence-corrected chi connectivity index (χ0v) is 12.8. The first-order valence-electron chi connectivity index (χ1n) is 7.24. The molecule has 112 valence electrons. The molecule has 2 rings (SSSR count). The van der Waals surface area contributed by atoms with Crippen molar-refractivity contribution in [3.63, 3.8) is 0 Å². The molecular weight excluding hydrogens is 272 g/mol. The molecule has 1 aliphatic rings. The molecule has 1 aliphatic carbocycles. The average Bonchev–Trinajstić information content (AvgIpc) is 2.46. The van der Waals surface area contributed by atoms with Crippen molar-refractivity contribution in [1.82, 2.24) is 4.31 Å². The highest BCUT2D eigenvalue weighted by molar-refractivity contribution is 7.89. The van der Waals surface area contributed by atoms with Crippen LogP contribution in [0, 0.1) is 0 Å². The number of hydrogen-bond acceptors (Lipinski definition) is 3. The summed E-state index contributed by atoms with van der Waals surface area (Å²) < 4.78 is 26.3. The van der Waals surface area contributed by atoms with Gasteiger partial charge in [-0.05, 0) is 37.7 Å². The van der Waals surface area contributed by atoms with Gasteiger partial charge in [0.05, 0.1) is 5.75 Å². The van der Waals surface area contributed by atoms with Gasteiger partial charge in [0, 0.05) is 19.1 Å². The van der Waals surface area contributed by atoms with Crippen LogP contribution in [-0.4, -0.2) is 37.6 Å². The normalized spacial score (nSPS) is 23.9. The van der Waals surface area contributed by atoms with Crippen LogP contribution < -0.4 is 5.73 Å². The fraction of sp³-hybridized carbons (Fsp3) is 0.600. The average molecular weight is 296 g/mol. The zero-order chi connectivity index (χ0) is 14.6. The van der Waals surface area contributed by atoms with Gasteiger partial charge in [-0.15, -0.1) is 0 Å². The van der Waals surface area contributed by atoms with E-state index in [0.717, 1.165) is 31.2 Å². The SMILES string of the molecule is CN(C1CCC(N)CC1)S(=O)(=O)CCc1ccccc1. The summed E-state index contributed by atoms with van der Waals surface area (Å²) in [5.41, 5.74) is 6.94. The van der Waals surface area contributed by atoms with E-state index in [1.165, 1.54) is 0 Å². The third kappa shape index (κ3) is 4.04.